The third-order valence-electron chi connectivity index (χ3n) is 2.66. The molecule has 1 unspecified atom stereocenters. The molecule has 0 aromatic heterocycles. The molecule has 0 aliphatic heterocycles. The van der Waals surface area contributed by atoms with Crippen LogP contribution in [0.3, 0.4) is 0 Å². The van der Waals surface area contributed by atoms with Crippen molar-refractivity contribution >= 4 is 22.0 Å². The van der Waals surface area contributed by atoms with Gasteiger partial charge in [0, 0.05) is 4.47 Å². The lowest BCUT2D eigenvalue weighted by Crippen LogP contribution is -2.21. The molecule has 0 spiro atoms. The molecule has 1 aliphatic carbocycles. The van der Waals surface area contributed by atoms with Crippen LogP contribution in [0.25, 0.3) is 0 Å². The fourth-order valence-electron chi connectivity index (χ4n) is 2.01. The summed E-state index contributed by atoms with van der Waals surface area (Å²) in [6.45, 7) is 1.99. The molecule has 14 heavy (non-hydrogen) atoms. The largest absolute Gasteiger partial charge is 0.235 e. The first-order valence-corrected chi connectivity index (χ1v) is 5.29. The minimum atomic E-state index is -0.284. The number of aliphatic imine (C=N–C) groups is 1. The van der Waals surface area contributed by atoms with Gasteiger partial charge in [-0.1, -0.05) is 28.1 Å². The highest BCUT2D eigenvalue weighted by Gasteiger charge is 2.33. The third kappa shape index (κ3) is 1.54. The van der Waals surface area contributed by atoms with E-state index in [4.69, 9.17) is 0 Å². The Morgan fingerprint density at radius 3 is 2.93 bits per heavy atom. The molecule has 72 valence electrons. The quantitative estimate of drug-likeness (QED) is 0.558. The van der Waals surface area contributed by atoms with Gasteiger partial charge in [0.25, 0.3) is 0 Å². The lowest BCUT2D eigenvalue weighted by molar-refractivity contribution is 0.487. The first kappa shape index (κ1) is 9.63. The van der Waals surface area contributed by atoms with Crippen LogP contribution in [0.15, 0.2) is 27.7 Å². The fourth-order valence-corrected chi connectivity index (χ4v) is 2.56. The summed E-state index contributed by atoms with van der Waals surface area (Å²) in [5.41, 5.74) is 2.27. The highest BCUT2D eigenvalue weighted by Crippen LogP contribution is 2.36. The van der Waals surface area contributed by atoms with Crippen molar-refractivity contribution in [3.05, 3.63) is 33.8 Å². The summed E-state index contributed by atoms with van der Waals surface area (Å²) in [5.74, 6) is 0. The minimum Gasteiger partial charge on any atom is -0.211 e. The van der Waals surface area contributed by atoms with Crippen molar-refractivity contribution in [1.29, 1.82) is 0 Å². The third-order valence-corrected chi connectivity index (χ3v) is 3.40. The zero-order valence-corrected chi connectivity index (χ0v) is 9.47. The van der Waals surface area contributed by atoms with Gasteiger partial charge in [-0.3, -0.25) is 0 Å². The molecule has 0 bridgehead atoms. The molecule has 0 radical (unpaired) electrons. The molecule has 2 rings (SSSR count). The first-order chi connectivity index (χ1) is 6.64. The SMILES string of the molecule is CC1(N=C=O)Cc2cccc(Br)c2C1. The van der Waals surface area contributed by atoms with Crippen molar-refractivity contribution < 1.29 is 4.79 Å². The van der Waals surface area contributed by atoms with Gasteiger partial charge in [0.1, 0.15) is 0 Å². The summed E-state index contributed by atoms with van der Waals surface area (Å²) in [4.78, 5) is 14.2. The van der Waals surface area contributed by atoms with Gasteiger partial charge in [0.15, 0.2) is 0 Å². The number of isocyanates is 1. The van der Waals surface area contributed by atoms with Crippen LogP contribution >= 0.6 is 15.9 Å². The van der Waals surface area contributed by atoms with Crippen LogP contribution in [0, 0.1) is 0 Å². The zero-order chi connectivity index (χ0) is 10.2. The Labute approximate surface area is 91.2 Å². The Morgan fingerprint density at radius 2 is 2.29 bits per heavy atom. The lowest BCUT2D eigenvalue weighted by atomic mass is 10.0. The molecule has 0 heterocycles. The second-order valence-corrected chi connectivity index (χ2v) is 4.79. The fraction of sp³-hybridized carbons (Fsp3) is 0.364. The molecule has 2 nitrogen and oxygen atoms in total. The molecular weight excluding hydrogens is 242 g/mol. The molecule has 1 aromatic rings. The second-order valence-electron chi connectivity index (χ2n) is 3.93. The molecule has 0 saturated heterocycles. The normalized spacial score (nSPS) is 24.1. The Balaban J connectivity index is 2.43. The number of hydrogen-bond donors (Lipinski definition) is 0. The van der Waals surface area contributed by atoms with E-state index in [2.05, 4.69) is 27.0 Å². The summed E-state index contributed by atoms with van der Waals surface area (Å²) in [6, 6.07) is 6.13. The van der Waals surface area contributed by atoms with Crippen molar-refractivity contribution in [2.24, 2.45) is 4.99 Å². The van der Waals surface area contributed by atoms with Crippen LogP contribution in [-0.2, 0) is 17.6 Å². The Bertz CT molecular complexity index is 423. The van der Waals surface area contributed by atoms with Crippen LogP contribution in [0.2, 0.25) is 0 Å². The summed E-state index contributed by atoms with van der Waals surface area (Å²) in [6.07, 6.45) is 3.31. The first-order valence-electron chi connectivity index (χ1n) is 4.50. The van der Waals surface area contributed by atoms with E-state index in [-0.39, 0.29) is 5.54 Å². The molecule has 1 aliphatic rings. The van der Waals surface area contributed by atoms with Gasteiger partial charge >= 0.3 is 0 Å². The summed E-state index contributed by atoms with van der Waals surface area (Å²) >= 11 is 3.51. The van der Waals surface area contributed by atoms with Gasteiger partial charge in [0.2, 0.25) is 6.08 Å². The number of benzene rings is 1. The topological polar surface area (TPSA) is 29.4 Å². The van der Waals surface area contributed by atoms with Crippen molar-refractivity contribution in [2.45, 2.75) is 25.3 Å². The van der Waals surface area contributed by atoms with Crippen LogP contribution in [0.4, 0.5) is 0 Å². The van der Waals surface area contributed by atoms with E-state index in [0.717, 1.165) is 17.3 Å². The standard InChI is InChI=1S/C11H10BrNO/c1-11(13-7-14)5-8-3-2-4-10(12)9(8)6-11/h2-4H,5-6H2,1H3. The van der Waals surface area contributed by atoms with E-state index in [0.29, 0.717) is 0 Å². The van der Waals surface area contributed by atoms with E-state index in [1.807, 2.05) is 19.1 Å². The minimum absolute atomic E-state index is 0.284. The Morgan fingerprint density at radius 1 is 1.50 bits per heavy atom. The van der Waals surface area contributed by atoms with E-state index < -0.39 is 0 Å². The average molecular weight is 252 g/mol. The maximum Gasteiger partial charge on any atom is 0.235 e. The maximum absolute atomic E-state index is 10.3. The van der Waals surface area contributed by atoms with Gasteiger partial charge < -0.3 is 0 Å². The molecule has 1 aromatic carbocycles. The number of rotatable bonds is 1. The molecule has 1 atom stereocenters. The van der Waals surface area contributed by atoms with Gasteiger partial charge in [-0.25, -0.2) is 4.79 Å². The molecule has 0 fully saturated rings. The number of halogens is 1. The highest BCUT2D eigenvalue weighted by molar-refractivity contribution is 9.10. The Kier molecular flexibility index (Phi) is 2.30. The van der Waals surface area contributed by atoms with Gasteiger partial charge in [0.05, 0.1) is 5.54 Å². The molecule has 0 N–H and O–H groups in total. The monoisotopic (exact) mass is 251 g/mol. The lowest BCUT2D eigenvalue weighted by Gasteiger charge is -2.14. The summed E-state index contributed by atoms with van der Waals surface area (Å²) in [5, 5.41) is 0. The number of carbonyl (C=O) groups excluding carboxylic acids is 1. The smallest absolute Gasteiger partial charge is 0.211 e. The predicted molar refractivity (Wildman–Crippen MR) is 58.1 cm³/mol. The van der Waals surface area contributed by atoms with Gasteiger partial charge in [-0.05, 0) is 37.0 Å². The van der Waals surface area contributed by atoms with Crippen LogP contribution in [0.5, 0.6) is 0 Å². The van der Waals surface area contributed by atoms with Crippen molar-refractivity contribution in [3.63, 3.8) is 0 Å². The highest BCUT2D eigenvalue weighted by atomic mass is 79.9. The number of fused-ring (bicyclic) bond motifs is 1. The summed E-state index contributed by atoms with van der Waals surface area (Å²) in [7, 11) is 0. The van der Waals surface area contributed by atoms with Crippen LogP contribution in [-0.4, -0.2) is 11.6 Å². The average Bonchev–Trinajstić information content (AvgIpc) is 2.44. The van der Waals surface area contributed by atoms with Crippen molar-refractivity contribution in [3.8, 4) is 0 Å². The van der Waals surface area contributed by atoms with E-state index in [1.54, 1.807) is 6.08 Å². The Hall–Kier alpha value is -0.920. The molecule has 0 saturated carbocycles. The maximum atomic E-state index is 10.3. The van der Waals surface area contributed by atoms with Gasteiger partial charge in [-0.15, -0.1) is 0 Å². The second kappa shape index (κ2) is 3.34. The van der Waals surface area contributed by atoms with E-state index in [9.17, 15) is 4.79 Å². The van der Waals surface area contributed by atoms with Gasteiger partial charge in [-0.2, -0.15) is 4.99 Å². The number of nitrogens with zero attached hydrogens (tertiary/aromatic N) is 1. The summed E-state index contributed by atoms with van der Waals surface area (Å²) < 4.78 is 1.11. The molecule has 3 heteroatoms. The van der Waals surface area contributed by atoms with Crippen molar-refractivity contribution in [1.82, 2.24) is 0 Å². The van der Waals surface area contributed by atoms with Crippen molar-refractivity contribution in [2.75, 3.05) is 0 Å². The molecule has 0 amide bonds. The van der Waals surface area contributed by atoms with E-state index >= 15 is 0 Å². The molecular formula is C11H10BrNO. The zero-order valence-electron chi connectivity index (χ0n) is 7.88. The van der Waals surface area contributed by atoms with E-state index in [1.165, 1.54) is 11.1 Å². The van der Waals surface area contributed by atoms with Crippen LogP contribution < -0.4 is 0 Å². The predicted octanol–water partition coefficient (Wildman–Crippen LogP) is 2.64. The van der Waals surface area contributed by atoms with Crippen LogP contribution in [0.1, 0.15) is 18.1 Å². The number of hydrogen-bond acceptors (Lipinski definition) is 2.